The van der Waals surface area contributed by atoms with E-state index in [0.717, 1.165) is 23.2 Å². The molecule has 1 rings (SSSR count). The van der Waals surface area contributed by atoms with Gasteiger partial charge in [-0.25, -0.2) is 4.79 Å². The fourth-order valence-electron chi connectivity index (χ4n) is 1.67. The number of alkyl halides is 1. The second-order valence-electron chi connectivity index (χ2n) is 3.39. The van der Waals surface area contributed by atoms with Crippen molar-refractivity contribution < 1.29 is 9.53 Å². The number of nitrogens with one attached hydrogen (secondary N) is 1. The molecule has 0 bridgehead atoms. The van der Waals surface area contributed by atoms with Crippen LogP contribution in [0.25, 0.3) is 0 Å². The number of aromatic amines is 1. The Morgan fingerprint density at radius 2 is 2.13 bits per heavy atom. The van der Waals surface area contributed by atoms with E-state index in [9.17, 15) is 4.79 Å². The van der Waals surface area contributed by atoms with Gasteiger partial charge in [-0.05, 0) is 38.3 Å². The van der Waals surface area contributed by atoms with Gasteiger partial charge in [0.1, 0.15) is 5.69 Å². The smallest absolute Gasteiger partial charge is 0.355 e. The molecular formula is C11H16ClNO2. The van der Waals surface area contributed by atoms with Crippen molar-refractivity contribution >= 4 is 17.6 Å². The van der Waals surface area contributed by atoms with Crippen molar-refractivity contribution in [3.63, 3.8) is 0 Å². The Hall–Kier alpha value is -0.960. The number of halogens is 1. The topological polar surface area (TPSA) is 42.1 Å². The lowest BCUT2D eigenvalue weighted by Gasteiger charge is -2.01. The van der Waals surface area contributed by atoms with Crippen LogP contribution in [0, 0.1) is 13.8 Å². The Kier molecular flexibility index (Phi) is 4.21. The minimum absolute atomic E-state index is 0.293. The first-order valence-corrected chi connectivity index (χ1v) is 5.56. The van der Waals surface area contributed by atoms with Crippen LogP contribution < -0.4 is 0 Å². The van der Waals surface area contributed by atoms with Crippen molar-refractivity contribution in [2.75, 3.05) is 12.5 Å². The minimum atomic E-state index is -0.293. The van der Waals surface area contributed by atoms with Crippen LogP contribution in [-0.2, 0) is 11.2 Å². The van der Waals surface area contributed by atoms with E-state index < -0.39 is 0 Å². The van der Waals surface area contributed by atoms with E-state index in [1.807, 2.05) is 13.8 Å². The molecule has 0 aromatic carbocycles. The van der Waals surface area contributed by atoms with Gasteiger partial charge in [0.15, 0.2) is 0 Å². The second-order valence-corrected chi connectivity index (χ2v) is 3.77. The number of aryl methyl sites for hydroxylation is 1. The molecule has 0 saturated heterocycles. The fourth-order valence-corrected chi connectivity index (χ4v) is 1.85. The predicted octanol–water partition coefficient (Wildman–Crippen LogP) is 2.59. The summed E-state index contributed by atoms with van der Waals surface area (Å²) in [5, 5.41) is 0. The van der Waals surface area contributed by atoms with Crippen LogP contribution in [0.5, 0.6) is 0 Å². The molecule has 0 unspecified atom stereocenters. The summed E-state index contributed by atoms with van der Waals surface area (Å²) in [6.45, 7) is 6.04. The highest BCUT2D eigenvalue weighted by Gasteiger charge is 2.17. The minimum Gasteiger partial charge on any atom is -0.461 e. The maximum Gasteiger partial charge on any atom is 0.355 e. The van der Waals surface area contributed by atoms with Crippen molar-refractivity contribution in [1.82, 2.24) is 4.98 Å². The summed E-state index contributed by atoms with van der Waals surface area (Å²) in [4.78, 5) is 14.6. The summed E-state index contributed by atoms with van der Waals surface area (Å²) >= 11 is 5.70. The summed E-state index contributed by atoms with van der Waals surface area (Å²) in [6, 6.07) is 0. The Morgan fingerprint density at radius 3 is 2.67 bits per heavy atom. The SMILES string of the molecule is CCOC(=O)c1[nH]c(C)c(CCCl)c1C. The largest absolute Gasteiger partial charge is 0.461 e. The summed E-state index contributed by atoms with van der Waals surface area (Å²) in [7, 11) is 0. The van der Waals surface area contributed by atoms with Gasteiger partial charge >= 0.3 is 5.97 Å². The predicted molar refractivity (Wildman–Crippen MR) is 60.6 cm³/mol. The number of hydrogen-bond donors (Lipinski definition) is 1. The third-order valence-electron chi connectivity index (χ3n) is 2.42. The number of carbonyl (C=O) groups excluding carboxylic acids is 1. The molecule has 4 heteroatoms. The van der Waals surface area contributed by atoms with Crippen LogP contribution in [-0.4, -0.2) is 23.4 Å². The molecule has 0 aliphatic heterocycles. The number of ether oxygens (including phenoxy) is 1. The molecule has 15 heavy (non-hydrogen) atoms. The molecule has 84 valence electrons. The van der Waals surface area contributed by atoms with Crippen molar-refractivity contribution in [2.45, 2.75) is 27.2 Å². The van der Waals surface area contributed by atoms with E-state index >= 15 is 0 Å². The average Bonchev–Trinajstić information content (AvgIpc) is 2.47. The lowest BCUT2D eigenvalue weighted by Crippen LogP contribution is -2.06. The van der Waals surface area contributed by atoms with Crippen LogP contribution >= 0.6 is 11.6 Å². The van der Waals surface area contributed by atoms with Crippen molar-refractivity contribution in [3.8, 4) is 0 Å². The van der Waals surface area contributed by atoms with Gasteiger partial charge in [-0.15, -0.1) is 11.6 Å². The third-order valence-corrected chi connectivity index (χ3v) is 2.61. The lowest BCUT2D eigenvalue weighted by molar-refractivity contribution is 0.0519. The summed E-state index contributed by atoms with van der Waals surface area (Å²) in [5.41, 5.74) is 3.62. The molecule has 0 atom stereocenters. The molecule has 0 aliphatic carbocycles. The van der Waals surface area contributed by atoms with E-state index in [0.29, 0.717) is 18.2 Å². The molecule has 1 aromatic heterocycles. The normalized spacial score (nSPS) is 10.4. The molecule has 0 aliphatic rings. The highest BCUT2D eigenvalue weighted by molar-refractivity contribution is 6.18. The first kappa shape index (κ1) is 12.1. The third kappa shape index (κ3) is 2.53. The lowest BCUT2D eigenvalue weighted by atomic mass is 10.1. The zero-order chi connectivity index (χ0) is 11.4. The molecule has 1 N–H and O–H groups in total. The maximum atomic E-state index is 11.5. The number of hydrogen-bond acceptors (Lipinski definition) is 2. The van der Waals surface area contributed by atoms with Crippen molar-refractivity contribution in [1.29, 1.82) is 0 Å². The van der Waals surface area contributed by atoms with Crippen molar-refractivity contribution in [3.05, 3.63) is 22.5 Å². The Morgan fingerprint density at radius 1 is 1.47 bits per heavy atom. The molecule has 3 nitrogen and oxygen atoms in total. The number of rotatable bonds is 4. The Labute approximate surface area is 94.8 Å². The number of esters is 1. The molecule has 1 aromatic rings. The van der Waals surface area contributed by atoms with Gasteiger partial charge in [-0.2, -0.15) is 0 Å². The van der Waals surface area contributed by atoms with Crippen LogP contribution in [0.2, 0.25) is 0 Å². The zero-order valence-corrected chi connectivity index (χ0v) is 10.1. The van der Waals surface area contributed by atoms with Gasteiger partial charge in [0, 0.05) is 11.6 Å². The first-order chi connectivity index (χ1) is 7.11. The monoisotopic (exact) mass is 229 g/mol. The molecule has 0 radical (unpaired) electrons. The van der Waals surface area contributed by atoms with Crippen LogP contribution in [0.1, 0.15) is 34.2 Å². The number of aromatic nitrogens is 1. The average molecular weight is 230 g/mol. The molecule has 0 spiro atoms. The molecule has 0 fully saturated rings. The van der Waals surface area contributed by atoms with Crippen LogP contribution in [0.15, 0.2) is 0 Å². The van der Waals surface area contributed by atoms with E-state index in [2.05, 4.69) is 4.98 Å². The quantitative estimate of drug-likeness (QED) is 0.637. The van der Waals surface area contributed by atoms with Gasteiger partial charge in [-0.1, -0.05) is 0 Å². The van der Waals surface area contributed by atoms with Crippen LogP contribution in [0.3, 0.4) is 0 Å². The maximum absolute atomic E-state index is 11.5. The molecular weight excluding hydrogens is 214 g/mol. The second kappa shape index (κ2) is 5.21. The molecule has 1 heterocycles. The number of H-pyrrole nitrogens is 1. The van der Waals surface area contributed by atoms with Gasteiger partial charge < -0.3 is 9.72 Å². The highest BCUT2D eigenvalue weighted by atomic mass is 35.5. The molecule has 0 saturated carbocycles. The van der Waals surface area contributed by atoms with Gasteiger partial charge in [0.05, 0.1) is 6.61 Å². The zero-order valence-electron chi connectivity index (χ0n) is 9.32. The highest BCUT2D eigenvalue weighted by Crippen LogP contribution is 2.19. The van der Waals surface area contributed by atoms with Crippen LogP contribution in [0.4, 0.5) is 0 Å². The number of carbonyl (C=O) groups is 1. The molecule has 0 amide bonds. The van der Waals surface area contributed by atoms with E-state index in [1.165, 1.54) is 0 Å². The van der Waals surface area contributed by atoms with Gasteiger partial charge in [-0.3, -0.25) is 0 Å². The van der Waals surface area contributed by atoms with Crippen molar-refractivity contribution in [2.24, 2.45) is 0 Å². The summed E-state index contributed by atoms with van der Waals surface area (Å²) < 4.78 is 4.95. The van der Waals surface area contributed by atoms with E-state index in [-0.39, 0.29) is 5.97 Å². The summed E-state index contributed by atoms with van der Waals surface area (Å²) in [5.74, 6) is 0.265. The van der Waals surface area contributed by atoms with E-state index in [4.69, 9.17) is 16.3 Å². The van der Waals surface area contributed by atoms with Gasteiger partial charge in [0.2, 0.25) is 0 Å². The standard InChI is InChI=1S/C11H16ClNO2/c1-4-15-11(14)10-7(2)9(5-6-12)8(3)13-10/h13H,4-6H2,1-3H3. The fraction of sp³-hybridized carbons (Fsp3) is 0.545. The first-order valence-electron chi connectivity index (χ1n) is 5.02. The van der Waals surface area contributed by atoms with Gasteiger partial charge in [0.25, 0.3) is 0 Å². The Balaban J connectivity index is 3.00. The Bertz CT molecular complexity index is 358. The summed E-state index contributed by atoms with van der Waals surface area (Å²) in [6.07, 6.45) is 0.773. The van der Waals surface area contributed by atoms with E-state index in [1.54, 1.807) is 6.92 Å².